The minimum absolute atomic E-state index is 0.0250. The lowest BCUT2D eigenvalue weighted by atomic mass is 10.0. The Morgan fingerprint density at radius 2 is 1.90 bits per heavy atom. The number of halogens is 4. The zero-order chi connectivity index (χ0) is 21.9. The highest BCUT2D eigenvalue weighted by Crippen LogP contribution is 2.37. The molecule has 0 aliphatic carbocycles. The van der Waals surface area contributed by atoms with Gasteiger partial charge in [0.25, 0.3) is 0 Å². The second-order valence-corrected chi connectivity index (χ2v) is 7.42. The van der Waals surface area contributed by atoms with E-state index in [1.165, 1.54) is 18.2 Å². The molecule has 30 heavy (non-hydrogen) atoms. The zero-order valence-electron chi connectivity index (χ0n) is 16.2. The van der Waals surface area contributed by atoms with Gasteiger partial charge in [0.1, 0.15) is 6.04 Å². The molecule has 2 atom stereocenters. The number of carbonyl (C=O) groups is 2. The van der Waals surface area contributed by atoms with Crippen LogP contribution in [0, 0.1) is 0 Å². The normalized spacial score (nSPS) is 17.7. The third-order valence-corrected chi connectivity index (χ3v) is 5.21. The Morgan fingerprint density at radius 1 is 1.23 bits per heavy atom. The van der Waals surface area contributed by atoms with Crippen LogP contribution in [0.3, 0.4) is 0 Å². The van der Waals surface area contributed by atoms with Crippen molar-refractivity contribution in [3.8, 4) is 0 Å². The first-order valence-corrected chi connectivity index (χ1v) is 9.85. The van der Waals surface area contributed by atoms with E-state index in [1.54, 1.807) is 30.3 Å². The lowest BCUT2D eigenvalue weighted by Crippen LogP contribution is -2.52. The second kappa shape index (κ2) is 9.06. The Morgan fingerprint density at radius 3 is 2.53 bits per heavy atom. The molecule has 0 saturated carbocycles. The topological polar surface area (TPSA) is 61.4 Å². The zero-order valence-corrected chi connectivity index (χ0v) is 16.9. The van der Waals surface area contributed by atoms with Gasteiger partial charge < -0.3 is 10.6 Å². The number of fused-ring (bicyclic) bond motifs is 1. The van der Waals surface area contributed by atoms with Gasteiger partial charge in [-0.3, -0.25) is 14.5 Å². The third kappa shape index (κ3) is 4.94. The average Bonchev–Trinajstić information content (AvgIpc) is 2.85. The number of hydrogen-bond acceptors (Lipinski definition) is 3. The highest BCUT2D eigenvalue weighted by molar-refractivity contribution is 6.30. The Kier molecular flexibility index (Phi) is 6.67. The van der Waals surface area contributed by atoms with Crippen LogP contribution in [0.1, 0.15) is 31.4 Å². The van der Waals surface area contributed by atoms with Crippen molar-refractivity contribution < 1.29 is 22.8 Å². The summed E-state index contributed by atoms with van der Waals surface area (Å²) >= 11 is 5.90. The summed E-state index contributed by atoms with van der Waals surface area (Å²) in [7, 11) is 0. The van der Waals surface area contributed by atoms with Gasteiger partial charge in [0, 0.05) is 11.1 Å². The number of anilines is 2. The van der Waals surface area contributed by atoms with Gasteiger partial charge in [0.15, 0.2) is 0 Å². The number of hydrogen-bond donors (Lipinski definition) is 2. The Balaban J connectivity index is 1.87. The smallest absolute Gasteiger partial charge is 0.324 e. The molecule has 2 N–H and O–H groups in total. The van der Waals surface area contributed by atoms with Crippen molar-refractivity contribution in [1.29, 1.82) is 0 Å². The van der Waals surface area contributed by atoms with Crippen molar-refractivity contribution in [1.82, 2.24) is 5.32 Å². The summed E-state index contributed by atoms with van der Waals surface area (Å²) in [6.45, 7) is 1.58. The van der Waals surface area contributed by atoms with E-state index in [-0.39, 0.29) is 24.0 Å². The molecule has 1 aliphatic rings. The van der Waals surface area contributed by atoms with Crippen LogP contribution in [0.5, 0.6) is 0 Å². The van der Waals surface area contributed by atoms with Crippen molar-refractivity contribution in [2.45, 2.75) is 38.0 Å². The van der Waals surface area contributed by atoms with Crippen LogP contribution < -0.4 is 15.5 Å². The average molecular weight is 440 g/mol. The minimum Gasteiger partial charge on any atom is -0.324 e. The fraction of sp³-hybridized carbons (Fsp3) is 0.333. The highest BCUT2D eigenvalue weighted by atomic mass is 35.5. The molecule has 0 saturated heterocycles. The number of benzene rings is 2. The van der Waals surface area contributed by atoms with Gasteiger partial charge >= 0.3 is 6.18 Å². The van der Waals surface area contributed by atoms with E-state index in [1.807, 2.05) is 6.92 Å². The summed E-state index contributed by atoms with van der Waals surface area (Å²) in [5, 5.41) is 6.05. The predicted octanol–water partition coefficient (Wildman–Crippen LogP) is 4.69. The molecule has 0 fully saturated rings. The summed E-state index contributed by atoms with van der Waals surface area (Å²) in [4.78, 5) is 25.7. The van der Waals surface area contributed by atoms with Crippen LogP contribution in [0.2, 0.25) is 5.02 Å². The molecule has 0 bridgehead atoms. The van der Waals surface area contributed by atoms with Gasteiger partial charge in [0.05, 0.1) is 24.3 Å². The molecule has 2 aromatic rings. The Labute approximate surface area is 177 Å². The lowest BCUT2D eigenvalue weighted by molar-refractivity contribution is -0.157. The number of rotatable bonds is 5. The molecule has 2 unspecified atom stereocenters. The van der Waals surface area contributed by atoms with E-state index in [2.05, 4.69) is 10.6 Å². The number of nitrogens with zero attached hydrogens (tertiary/aromatic N) is 1. The molecule has 1 aliphatic heterocycles. The first-order chi connectivity index (χ1) is 14.2. The number of para-hydroxylation sites is 2. The quantitative estimate of drug-likeness (QED) is 0.710. The van der Waals surface area contributed by atoms with Gasteiger partial charge in [-0.15, -0.1) is 0 Å². The number of amides is 2. The second-order valence-electron chi connectivity index (χ2n) is 6.98. The van der Waals surface area contributed by atoms with E-state index >= 15 is 0 Å². The summed E-state index contributed by atoms with van der Waals surface area (Å²) in [5.74, 6) is -1.56. The van der Waals surface area contributed by atoms with Crippen LogP contribution in [0.4, 0.5) is 24.5 Å². The van der Waals surface area contributed by atoms with Crippen molar-refractivity contribution in [2.24, 2.45) is 0 Å². The van der Waals surface area contributed by atoms with Crippen molar-refractivity contribution in [2.75, 3.05) is 16.8 Å². The predicted molar refractivity (Wildman–Crippen MR) is 110 cm³/mol. The van der Waals surface area contributed by atoms with Crippen LogP contribution >= 0.6 is 11.6 Å². The maximum absolute atomic E-state index is 13.8. The Hall–Kier alpha value is -2.58. The number of alkyl halides is 3. The van der Waals surface area contributed by atoms with Gasteiger partial charge in [-0.05, 0) is 36.2 Å². The molecule has 9 heteroatoms. The van der Waals surface area contributed by atoms with Crippen molar-refractivity contribution in [3.05, 3.63) is 59.1 Å². The highest BCUT2D eigenvalue weighted by Gasteiger charge is 2.48. The first-order valence-electron chi connectivity index (χ1n) is 9.47. The number of nitrogens with one attached hydrogen (secondary N) is 2. The first kappa shape index (κ1) is 22.1. The molecule has 160 valence electrons. The molecular weight excluding hydrogens is 419 g/mol. The third-order valence-electron chi connectivity index (χ3n) is 4.95. The van der Waals surface area contributed by atoms with E-state index in [9.17, 15) is 22.8 Å². The molecule has 3 rings (SSSR count). The molecule has 5 nitrogen and oxygen atoms in total. The van der Waals surface area contributed by atoms with Crippen molar-refractivity contribution in [3.63, 3.8) is 0 Å². The van der Waals surface area contributed by atoms with Crippen LogP contribution in [0.15, 0.2) is 48.5 Å². The number of carbonyl (C=O) groups excluding carboxylic acids is 2. The standard InChI is InChI=1S/C21H21ClF3N3O2/c1-2-15(13-7-9-14(22)10-8-13)26-12-20(30)28-17-6-4-3-5-16(17)27-19(29)11-18(28)21(23,24)25/h3-10,15,18,26H,2,11-12H2,1H3,(H,27,29). The summed E-state index contributed by atoms with van der Waals surface area (Å²) in [6, 6.07) is 10.5. The van der Waals surface area contributed by atoms with Gasteiger partial charge in [-0.25, -0.2) is 0 Å². The fourth-order valence-corrected chi connectivity index (χ4v) is 3.61. The SMILES string of the molecule is CCC(NCC(=O)N1c2ccccc2NC(=O)CC1C(F)(F)F)c1ccc(Cl)cc1. The molecule has 0 spiro atoms. The molecule has 0 aromatic heterocycles. The maximum atomic E-state index is 13.8. The molecule has 2 aromatic carbocycles. The van der Waals surface area contributed by atoms with E-state index in [0.29, 0.717) is 16.3 Å². The van der Waals surface area contributed by atoms with Gasteiger partial charge in [-0.2, -0.15) is 13.2 Å². The van der Waals surface area contributed by atoms with Crippen LogP contribution in [0.25, 0.3) is 0 Å². The van der Waals surface area contributed by atoms with Crippen LogP contribution in [-0.4, -0.2) is 30.6 Å². The maximum Gasteiger partial charge on any atom is 0.409 e. The largest absolute Gasteiger partial charge is 0.409 e. The van der Waals surface area contributed by atoms with E-state index in [4.69, 9.17) is 11.6 Å². The lowest BCUT2D eigenvalue weighted by Gasteiger charge is -2.32. The summed E-state index contributed by atoms with van der Waals surface area (Å²) in [6.07, 6.45) is -5.00. The Bertz CT molecular complexity index is 918. The molecular formula is C21H21ClF3N3O2. The fourth-order valence-electron chi connectivity index (χ4n) is 3.48. The molecule has 2 amide bonds. The van der Waals surface area contributed by atoms with E-state index in [0.717, 1.165) is 5.56 Å². The van der Waals surface area contributed by atoms with E-state index < -0.39 is 30.5 Å². The summed E-state index contributed by atoms with van der Waals surface area (Å²) < 4.78 is 41.3. The molecule has 0 radical (unpaired) electrons. The molecule has 1 heterocycles. The summed E-state index contributed by atoms with van der Waals surface area (Å²) in [5.41, 5.74) is 1.07. The van der Waals surface area contributed by atoms with Gasteiger partial charge in [0.2, 0.25) is 11.8 Å². The van der Waals surface area contributed by atoms with Crippen LogP contribution in [-0.2, 0) is 9.59 Å². The monoisotopic (exact) mass is 439 g/mol. The minimum atomic E-state index is -4.76. The van der Waals surface area contributed by atoms with Gasteiger partial charge in [-0.1, -0.05) is 42.8 Å². The van der Waals surface area contributed by atoms with Crippen molar-refractivity contribution >= 4 is 34.8 Å².